The van der Waals surface area contributed by atoms with Gasteiger partial charge >= 0.3 is 0 Å². The number of nitrogen functional groups attached to an aromatic ring is 1. The van der Waals surface area contributed by atoms with E-state index < -0.39 is 0 Å². The molecular weight excluding hydrogens is 334 g/mol. The van der Waals surface area contributed by atoms with Crippen LogP contribution >= 0.6 is 0 Å². The van der Waals surface area contributed by atoms with Crippen molar-refractivity contribution in [3.05, 3.63) is 89.0 Å². The van der Waals surface area contributed by atoms with E-state index in [4.69, 9.17) is 15.2 Å². The molecule has 3 nitrogen and oxygen atoms in total. The van der Waals surface area contributed by atoms with Crippen molar-refractivity contribution in [2.45, 2.75) is 0 Å². The highest BCUT2D eigenvalue weighted by atomic mass is 16.5. The molecule has 3 aromatic rings. The lowest BCUT2D eigenvalue weighted by atomic mass is 10.1. The quantitative estimate of drug-likeness (QED) is 0.459. The summed E-state index contributed by atoms with van der Waals surface area (Å²) in [7, 11) is 3.35. The summed E-state index contributed by atoms with van der Waals surface area (Å²) in [6, 6.07) is 21.9. The molecular formula is C24H23NO2. The van der Waals surface area contributed by atoms with E-state index >= 15 is 0 Å². The fourth-order valence-electron chi connectivity index (χ4n) is 2.75. The monoisotopic (exact) mass is 357 g/mol. The smallest absolute Gasteiger partial charge is 0.126 e. The van der Waals surface area contributed by atoms with E-state index in [0.29, 0.717) is 0 Å². The third-order valence-corrected chi connectivity index (χ3v) is 4.23. The highest BCUT2D eigenvalue weighted by molar-refractivity contribution is 5.79. The van der Waals surface area contributed by atoms with Crippen LogP contribution in [0.1, 0.15) is 22.3 Å². The molecule has 0 unspecified atom stereocenters. The Kier molecular flexibility index (Phi) is 5.95. The van der Waals surface area contributed by atoms with Crippen molar-refractivity contribution in [2.75, 3.05) is 20.0 Å². The molecule has 27 heavy (non-hydrogen) atoms. The Hall–Kier alpha value is -3.46. The van der Waals surface area contributed by atoms with Crippen LogP contribution in [-0.2, 0) is 0 Å². The summed E-state index contributed by atoms with van der Waals surface area (Å²) in [6.45, 7) is 0. The van der Waals surface area contributed by atoms with Crippen LogP contribution in [0.5, 0.6) is 11.5 Å². The van der Waals surface area contributed by atoms with Crippen LogP contribution in [-0.4, -0.2) is 14.2 Å². The highest BCUT2D eigenvalue weighted by Crippen LogP contribution is 2.31. The maximum absolute atomic E-state index is 5.74. The number of hydrogen-bond donors (Lipinski definition) is 1. The molecule has 0 amide bonds. The molecule has 0 aliphatic carbocycles. The van der Waals surface area contributed by atoms with E-state index in [9.17, 15) is 0 Å². The van der Waals surface area contributed by atoms with Gasteiger partial charge in [0.25, 0.3) is 0 Å². The van der Waals surface area contributed by atoms with Crippen molar-refractivity contribution in [3.63, 3.8) is 0 Å². The second kappa shape index (κ2) is 8.77. The van der Waals surface area contributed by atoms with Crippen LogP contribution in [0, 0.1) is 0 Å². The van der Waals surface area contributed by atoms with Crippen LogP contribution < -0.4 is 15.2 Å². The normalized spacial score (nSPS) is 11.2. The van der Waals surface area contributed by atoms with Crippen LogP contribution in [0.3, 0.4) is 0 Å². The molecule has 0 radical (unpaired) electrons. The molecule has 136 valence electrons. The van der Waals surface area contributed by atoms with Crippen LogP contribution in [0.4, 0.5) is 5.69 Å². The van der Waals surface area contributed by atoms with Crippen molar-refractivity contribution >= 4 is 30.0 Å². The topological polar surface area (TPSA) is 44.5 Å². The van der Waals surface area contributed by atoms with Gasteiger partial charge in [0.2, 0.25) is 0 Å². The summed E-state index contributed by atoms with van der Waals surface area (Å²) in [5, 5.41) is 0. The van der Waals surface area contributed by atoms with Crippen molar-refractivity contribution in [3.8, 4) is 11.5 Å². The minimum Gasteiger partial charge on any atom is -0.496 e. The lowest BCUT2D eigenvalue weighted by Gasteiger charge is -2.11. The molecule has 0 saturated carbocycles. The summed E-state index contributed by atoms with van der Waals surface area (Å²) in [5.74, 6) is 1.58. The van der Waals surface area contributed by atoms with Crippen LogP contribution in [0.25, 0.3) is 24.3 Å². The Morgan fingerprint density at radius 2 is 1.11 bits per heavy atom. The number of ether oxygens (including phenoxy) is 2. The van der Waals surface area contributed by atoms with Crippen molar-refractivity contribution in [1.82, 2.24) is 0 Å². The van der Waals surface area contributed by atoms with Gasteiger partial charge in [0.1, 0.15) is 11.5 Å². The van der Waals surface area contributed by atoms with Crippen molar-refractivity contribution < 1.29 is 9.47 Å². The summed E-state index contributed by atoms with van der Waals surface area (Å²) in [6.07, 6.45) is 8.12. The van der Waals surface area contributed by atoms with Crippen molar-refractivity contribution in [2.24, 2.45) is 0 Å². The van der Waals surface area contributed by atoms with Gasteiger partial charge in [0.15, 0.2) is 0 Å². The van der Waals surface area contributed by atoms with Gasteiger partial charge in [-0.05, 0) is 35.4 Å². The molecule has 2 N–H and O–H groups in total. The molecule has 0 aliphatic rings. The molecule has 3 heteroatoms. The summed E-state index contributed by atoms with van der Waals surface area (Å²) in [5.41, 5.74) is 10.6. The first kappa shape index (κ1) is 18.3. The Bertz CT molecular complexity index is 942. The first-order valence-electron chi connectivity index (χ1n) is 8.72. The predicted octanol–water partition coefficient (Wildman–Crippen LogP) is 5.63. The number of rotatable bonds is 6. The lowest BCUT2D eigenvalue weighted by Crippen LogP contribution is -1.93. The molecule has 3 aromatic carbocycles. The van der Waals surface area contributed by atoms with Gasteiger partial charge in [-0.25, -0.2) is 0 Å². The maximum atomic E-state index is 5.74. The SMILES string of the molecule is COc1cc(/C=C/c2ccc(N)cc2)c(OC)cc1/C=C/c1ccccc1. The summed E-state index contributed by atoms with van der Waals surface area (Å²) < 4.78 is 11.2. The number of nitrogens with two attached hydrogens (primary N) is 1. The molecule has 0 fully saturated rings. The second-order valence-corrected chi connectivity index (χ2v) is 6.08. The van der Waals surface area contributed by atoms with Gasteiger partial charge in [-0.1, -0.05) is 66.8 Å². The molecule has 0 saturated heterocycles. The number of benzene rings is 3. The fraction of sp³-hybridized carbons (Fsp3) is 0.0833. The van der Waals surface area contributed by atoms with Gasteiger partial charge in [-0.3, -0.25) is 0 Å². The van der Waals surface area contributed by atoms with E-state index in [1.165, 1.54) is 0 Å². The zero-order chi connectivity index (χ0) is 19.1. The predicted molar refractivity (Wildman–Crippen MR) is 115 cm³/mol. The third-order valence-electron chi connectivity index (χ3n) is 4.23. The van der Waals surface area contributed by atoms with E-state index in [2.05, 4.69) is 18.2 Å². The molecule has 0 bridgehead atoms. The summed E-state index contributed by atoms with van der Waals surface area (Å²) >= 11 is 0. The zero-order valence-corrected chi connectivity index (χ0v) is 15.6. The van der Waals surface area contributed by atoms with E-state index in [-0.39, 0.29) is 0 Å². The first-order chi connectivity index (χ1) is 13.2. The van der Waals surface area contributed by atoms with Gasteiger partial charge in [-0.2, -0.15) is 0 Å². The van der Waals surface area contributed by atoms with Crippen molar-refractivity contribution in [1.29, 1.82) is 0 Å². The largest absolute Gasteiger partial charge is 0.496 e. The van der Waals surface area contributed by atoms with Crippen LogP contribution in [0.15, 0.2) is 66.7 Å². The highest BCUT2D eigenvalue weighted by Gasteiger charge is 2.08. The average molecular weight is 357 g/mol. The Labute approximate surface area is 160 Å². The number of hydrogen-bond acceptors (Lipinski definition) is 3. The second-order valence-electron chi connectivity index (χ2n) is 6.08. The van der Waals surface area contributed by atoms with Crippen LogP contribution in [0.2, 0.25) is 0 Å². The molecule has 0 spiro atoms. The standard InChI is InChI=1S/C24H23NO2/c1-26-23-17-21(13-9-19-10-14-22(25)15-11-19)24(27-2)16-20(23)12-8-18-6-4-3-5-7-18/h3-17H,25H2,1-2H3/b12-8+,13-9+. The minimum absolute atomic E-state index is 0.751. The van der Waals surface area contributed by atoms with E-state index in [1.807, 2.05) is 72.8 Å². The fourth-order valence-corrected chi connectivity index (χ4v) is 2.75. The van der Waals surface area contributed by atoms with Gasteiger partial charge in [0.05, 0.1) is 14.2 Å². The molecule has 0 atom stereocenters. The zero-order valence-electron chi connectivity index (χ0n) is 15.6. The lowest BCUT2D eigenvalue weighted by molar-refractivity contribution is 0.401. The van der Waals surface area contributed by atoms with E-state index in [0.717, 1.165) is 39.4 Å². The van der Waals surface area contributed by atoms with Gasteiger partial charge in [0, 0.05) is 16.8 Å². The minimum atomic E-state index is 0.751. The Balaban J connectivity index is 1.91. The molecule has 0 aromatic heterocycles. The first-order valence-corrected chi connectivity index (χ1v) is 8.72. The number of methoxy groups -OCH3 is 2. The van der Waals surface area contributed by atoms with Gasteiger partial charge in [-0.15, -0.1) is 0 Å². The Morgan fingerprint density at radius 1 is 0.630 bits per heavy atom. The third kappa shape index (κ3) is 4.79. The average Bonchev–Trinajstić information content (AvgIpc) is 2.72. The Morgan fingerprint density at radius 3 is 1.59 bits per heavy atom. The van der Waals surface area contributed by atoms with Gasteiger partial charge < -0.3 is 15.2 Å². The van der Waals surface area contributed by atoms with E-state index in [1.54, 1.807) is 14.2 Å². The number of anilines is 1. The molecule has 0 heterocycles. The molecule has 3 rings (SSSR count). The molecule has 0 aliphatic heterocycles. The summed E-state index contributed by atoms with van der Waals surface area (Å²) in [4.78, 5) is 0. The maximum Gasteiger partial charge on any atom is 0.126 e.